The van der Waals surface area contributed by atoms with Crippen molar-refractivity contribution in [2.75, 3.05) is 24.6 Å². The largest absolute Gasteiger partial charge is 0.464 e. The van der Waals surface area contributed by atoms with Crippen LogP contribution < -0.4 is 10.2 Å². The Labute approximate surface area is 170 Å². The van der Waals surface area contributed by atoms with Crippen molar-refractivity contribution in [1.29, 1.82) is 0 Å². The van der Waals surface area contributed by atoms with Crippen molar-refractivity contribution >= 4 is 23.5 Å². The number of hydrogen-bond acceptors (Lipinski definition) is 4. The predicted octanol–water partition coefficient (Wildman–Crippen LogP) is 2.64. The minimum Gasteiger partial charge on any atom is -0.464 e. The van der Waals surface area contributed by atoms with Crippen LogP contribution >= 0.6 is 0 Å². The van der Waals surface area contributed by atoms with Gasteiger partial charge in [0.2, 0.25) is 11.8 Å². The molecule has 1 aliphatic heterocycles. The highest BCUT2D eigenvalue weighted by Gasteiger charge is 2.36. The van der Waals surface area contributed by atoms with Crippen molar-refractivity contribution in [2.45, 2.75) is 26.2 Å². The fourth-order valence-corrected chi connectivity index (χ4v) is 3.28. The van der Waals surface area contributed by atoms with Crippen molar-refractivity contribution in [3.8, 4) is 0 Å². The van der Waals surface area contributed by atoms with Crippen LogP contribution in [-0.4, -0.2) is 37.5 Å². The Hall–Kier alpha value is -3.15. The molecule has 2 amide bonds. The van der Waals surface area contributed by atoms with E-state index in [0.29, 0.717) is 19.4 Å². The number of amides is 2. The van der Waals surface area contributed by atoms with Crippen molar-refractivity contribution in [3.63, 3.8) is 0 Å². The second kappa shape index (κ2) is 9.87. The van der Waals surface area contributed by atoms with Gasteiger partial charge in [0.05, 0.1) is 12.5 Å². The topological polar surface area (TPSA) is 75.7 Å². The van der Waals surface area contributed by atoms with Crippen LogP contribution in [0.4, 0.5) is 5.69 Å². The quantitative estimate of drug-likeness (QED) is 0.552. The van der Waals surface area contributed by atoms with Gasteiger partial charge in [-0.25, -0.2) is 0 Å². The van der Waals surface area contributed by atoms with E-state index in [1.165, 1.54) is 5.56 Å². The summed E-state index contributed by atoms with van der Waals surface area (Å²) < 4.78 is 5.25. The number of benzene rings is 2. The molecule has 6 nitrogen and oxygen atoms in total. The van der Waals surface area contributed by atoms with Crippen LogP contribution in [0, 0.1) is 12.8 Å². The standard InChI is InChI=1S/C23H26N2O4/c1-17-7-9-18(10-8-17)11-12-21(26)24-13-14-29-23(28)19-15-22(27)25(16-19)20-5-3-2-4-6-20/h2-10,19H,11-16H2,1H3,(H,24,26). The monoisotopic (exact) mass is 394 g/mol. The molecule has 1 saturated heterocycles. The highest BCUT2D eigenvalue weighted by atomic mass is 16.5. The molecule has 1 N–H and O–H groups in total. The van der Waals surface area contributed by atoms with Crippen LogP contribution in [0.5, 0.6) is 0 Å². The van der Waals surface area contributed by atoms with Gasteiger partial charge in [0.25, 0.3) is 0 Å². The summed E-state index contributed by atoms with van der Waals surface area (Å²) in [5, 5.41) is 2.76. The molecular weight excluding hydrogens is 368 g/mol. The SMILES string of the molecule is Cc1ccc(CCC(=O)NCCOC(=O)C2CC(=O)N(c3ccccc3)C2)cc1. The summed E-state index contributed by atoms with van der Waals surface area (Å²) in [5.74, 6) is -1.03. The van der Waals surface area contributed by atoms with Gasteiger partial charge in [-0.1, -0.05) is 48.0 Å². The summed E-state index contributed by atoms with van der Waals surface area (Å²) in [5.41, 5.74) is 3.09. The number of hydrogen-bond donors (Lipinski definition) is 1. The normalized spacial score (nSPS) is 16.0. The number of esters is 1. The molecular formula is C23H26N2O4. The maximum atomic E-state index is 12.2. The van der Waals surface area contributed by atoms with Crippen LogP contribution in [0.3, 0.4) is 0 Å². The van der Waals surface area contributed by atoms with E-state index in [9.17, 15) is 14.4 Å². The van der Waals surface area contributed by atoms with Gasteiger partial charge in [0.1, 0.15) is 6.61 Å². The minimum atomic E-state index is -0.472. The zero-order valence-electron chi connectivity index (χ0n) is 16.6. The summed E-state index contributed by atoms with van der Waals surface area (Å²) in [6.07, 6.45) is 1.21. The first kappa shape index (κ1) is 20.6. The maximum absolute atomic E-state index is 12.2. The van der Waals surface area contributed by atoms with Gasteiger partial charge in [0, 0.05) is 25.1 Å². The van der Waals surface area contributed by atoms with E-state index in [-0.39, 0.29) is 31.4 Å². The molecule has 0 aromatic heterocycles. The van der Waals surface area contributed by atoms with Crippen molar-refractivity contribution in [2.24, 2.45) is 5.92 Å². The number of carbonyl (C=O) groups is 3. The van der Waals surface area contributed by atoms with Gasteiger partial charge in [0.15, 0.2) is 0 Å². The number of anilines is 1. The Balaban J connectivity index is 1.34. The maximum Gasteiger partial charge on any atom is 0.311 e. The number of ether oxygens (including phenoxy) is 1. The third kappa shape index (κ3) is 5.91. The summed E-state index contributed by atoms with van der Waals surface area (Å²) in [7, 11) is 0. The first-order valence-corrected chi connectivity index (χ1v) is 9.87. The summed E-state index contributed by atoms with van der Waals surface area (Å²) in [6, 6.07) is 17.4. The average Bonchev–Trinajstić information content (AvgIpc) is 3.13. The Morgan fingerprint density at radius 1 is 1.10 bits per heavy atom. The van der Waals surface area contributed by atoms with Crippen molar-refractivity contribution < 1.29 is 19.1 Å². The molecule has 0 radical (unpaired) electrons. The second-order valence-electron chi connectivity index (χ2n) is 7.24. The van der Waals surface area contributed by atoms with Crippen LogP contribution in [0.1, 0.15) is 24.0 Å². The van der Waals surface area contributed by atoms with Gasteiger partial charge >= 0.3 is 5.97 Å². The van der Waals surface area contributed by atoms with E-state index in [2.05, 4.69) is 5.32 Å². The molecule has 1 fully saturated rings. The van der Waals surface area contributed by atoms with Crippen LogP contribution in [0.15, 0.2) is 54.6 Å². The van der Waals surface area contributed by atoms with Crippen LogP contribution in [0.25, 0.3) is 0 Å². The van der Waals surface area contributed by atoms with Crippen molar-refractivity contribution in [3.05, 3.63) is 65.7 Å². The van der Waals surface area contributed by atoms with Crippen molar-refractivity contribution in [1.82, 2.24) is 5.32 Å². The first-order chi connectivity index (χ1) is 14.0. The fraction of sp³-hybridized carbons (Fsp3) is 0.348. The van der Waals surface area contributed by atoms with Gasteiger partial charge in [-0.15, -0.1) is 0 Å². The number of para-hydroxylation sites is 1. The van der Waals surface area contributed by atoms with Gasteiger partial charge < -0.3 is 15.0 Å². The molecule has 29 heavy (non-hydrogen) atoms. The summed E-state index contributed by atoms with van der Waals surface area (Å²) in [4.78, 5) is 37.9. The summed E-state index contributed by atoms with van der Waals surface area (Å²) in [6.45, 7) is 2.72. The van der Waals surface area contributed by atoms with E-state index in [0.717, 1.165) is 11.3 Å². The summed E-state index contributed by atoms with van der Waals surface area (Å²) >= 11 is 0. The van der Waals surface area contributed by atoms with E-state index >= 15 is 0 Å². The first-order valence-electron chi connectivity index (χ1n) is 9.87. The second-order valence-corrected chi connectivity index (χ2v) is 7.24. The molecule has 152 valence electrons. The number of aryl methyl sites for hydroxylation is 2. The Bertz CT molecular complexity index is 849. The van der Waals surface area contributed by atoms with Gasteiger partial charge in [-0.05, 0) is 31.0 Å². The Kier molecular flexibility index (Phi) is 7.00. The van der Waals surface area contributed by atoms with Gasteiger partial charge in [-0.3, -0.25) is 14.4 Å². The highest BCUT2D eigenvalue weighted by molar-refractivity contribution is 5.99. The van der Waals surface area contributed by atoms with Crippen LogP contribution in [-0.2, 0) is 25.5 Å². The Morgan fingerprint density at radius 2 is 1.83 bits per heavy atom. The third-order valence-electron chi connectivity index (χ3n) is 4.96. The van der Waals surface area contributed by atoms with E-state index in [1.807, 2.05) is 61.5 Å². The average molecular weight is 394 g/mol. The number of nitrogens with one attached hydrogen (secondary N) is 1. The Morgan fingerprint density at radius 3 is 2.55 bits per heavy atom. The lowest BCUT2D eigenvalue weighted by Crippen LogP contribution is -2.30. The number of nitrogens with zero attached hydrogens (tertiary/aromatic N) is 1. The lowest BCUT2D eigenvalue weighted by atomic mass is 10.1. The molecule has 1 atom stereocenters. The molecule has 2 aromatic rings. The van der Waals surface area contributed by atoms with Gasteiger partial charge in [-0.2, -0.15) is 0 Å². The fourth-order valence-electron chi connectivity index (χ4n) is 3.28. The lowest BCUT2D eigenvalue weighted by molar-refractivity contribution is -0.148. The zero-order chi connectivity index (χ0) is 20.6. The highest BCUT2D eigenvalue weighted by Crippen LogP contribution is 2.25. The molecule has 0 spiro atoms. The molecule has 0 saturated carbocycles. The molecule has 2 aromatic carbocycles. The molecule has 0 aliphatic carbocycles. The molecule has 1 heterocycles. The molecule has 3 rings (SSSR count). The lowest BCUT2D eigenvalue weighted by Gasteiger charge is -2.16. The number of carbonyl (C=O) groups excluding carboxylic acids is 3. The number of rotatable bonds is 8. The predicted molar refractivity (Wildman–Crippen MR) is 110 cm³/mol. The molecule has 6 heteroatoms. The molecule has 1 aliphatic rings. The molecule has 0 bridgehead atoms. The minimum absolute atomic E-state index is 0.0760. The zero-order valence-corrected chi connectivity index (χ0v) is 16.6. The van der Waals surface area contributed by atoms with E-state index in [4.69, 9.17) is 4.74 Å². The van der Waals surface area contributed by atoms with Crippen LogP contribution in [0.2, 0.25) is 0 Å². The molecule has 1 unspecified atom stereocenters. The van der Waals surface area contributed by atoms with E-state index in [1.54, 1.807) is 4.90 Å². The third-order valence-corrected chi connectivity index (χ3v) is 4.96. The smallest absolute Gasteiger partial charge is 0.311 e. The van der Waals surface area contributed by atoms with E-state index < -0.39 is 11.9 Å².